The van der Waals surface area contributed by atoms with Crippen molar-refractivity contribution in [3.8, 4) is 0 Å². The van der Waals surface area contributed by atoms with Gasteiger partial charge in [0.15, 0.2) is 0 Å². The lowest BCUT2D eigenvalue weighted by Crippen LogP contribution is -2.13. The molecule has 0 saturated carbocycles. The summed E-state index contributed by atoms with van der Waals surface area (Å²) in [6, 6.07) is 6.12. The first kappa shape index (κ1) is 13.2. The molecule has 0 spiro atoms. The van der Waals surface area contributed by atoms with E-state index >= 15 is 0 Å². The van der Waals surface area contributed by atoms with Crippen LogP contribution in [-0.2, 0) is 4.74 Å². The number of benzene rings is 1. The van der Waals surface area contributed by atoms with Crippen LogP contribution in [0, 0.1) is 0 Å². The van der Waals surface area contributed by atoms with Crippen molar-refractivity contribution in [2.75, 3.05) is 6.61 Å². The topological polar surface area (TPSA) is 35.2 Å². The molecule has 1 aliphatic heterocycles. The molecule has 0 bridgehead atoms. The van der Waals surface area contributed by atoms with Gasteiger partial charge in [0.2, 0.25) is 0 Å². The Morgan fingerprint density at radius 2 is 2.29 bits per heavy atom. The summed E-state index contributed by atoms with van der Waals surface area (Å²) in [6.45, 7) is 4.94. The maximum atomic E-state index is 6.28. The van der Waals surface area contributed by atoms with E-state index in [4.69, 9.17) is 22.1 Å². The fourth-order valence-corrected chi connectivity index (χ4v) is 3.38. The molecule has 1 saturated heterocycles. The average Bonchev–Trinajstić information content (AvgIpc) is 2.67. The van der Waals surface area contributed by atoms with Gasteiger partial charge in [-0.3, -0.25) is 0 Å². The minimum atomic E-state index is 0.0280. The summed E-state index contributed by atoms with van der Waals surface area (Å²) >= 11 is 8.09. The fourth-order valence-electron chi connectivity index (χ4n) is 1.93. The number of hydrogen-bond donors (Lipinski definition) is 1. The van der Waals surface area contributed by atoms with Gasteiger partial charge in [-0.05, 0) is 38.0 Å². The van der Waals surface area contributed by atoms with E-state index in [1.807, 2.05) is 24.8 Å². The first-order valence-corrected chi connectivity index (χ1v) is 7.17. The molecule has 3 atom stereocenters. The van der Waals surface area contributed by atoms with Gasteiger partial charge in [-0.1, -0.05) is 17.7 Å². The molecule has 2 nitrogen and oxygen atoms in total. The lowest BCUT2D eigenvalue weighted by Gasteiger charge is -2.15. The number of thioether (sulfide) groups is 1. The van der Waals surface area contributed by atoms with Crippen molar-refractivity contribution in [3.05, 3.63) is 28.8 Å². The Kier molecular flexibility index (Phi) is 4.36. The Morgan fingerprint density at radius 1 is 1.53 bits per heavy atom. The highest BCUT2D eigenvalue weighted by Gasteiger charge is 2.25. The van der Waals surface area contributed by atoms with Crippen LogP contribution in [-0.4, -0.2) is 18.0 Å². The maximum Gasteiger partial charge on any atom is 0.0669 e. The van der Waals surface area contributed by atoms with E-state index in [0.717, 1.165) is 28.5 Å². The van der Waals surface area contributed by atoms with Crippen molar-refractivity contribution < 1.29 is 4.74 Å². The van der Waals surface area contributed by atoms with Crippen LogP contribution in [0.3, 0.4) is 0 Å². The Labute approximate surface area is 112 Å². The Morgan fingerprint density at radius 3 is 2.82 bits per heavy atom. The van der Waals surface area contributed by atoms with Crippen molar-refractivity contribution in [2.24, 2.45) is 5.73 Å². The van der Waals surface area contributed by atoms with Crippen LogP contribution in [0.5, 0.6) is 0 Å². The molecule has 4 heteroatoms. The average molecular weight is 272 g/mol. The van der Waals surface area contributed by atoms with Gasteiger partial charge in [0.1, 0.15) is 0 Å². The van der Waals surface area contributed by atoms with Gasteiger partial charge in [-0.25, -0.2) is 0 Å². The Balaban J connectivity index is 2.11. The third-order valence-electron chi connectivity index (χ3n) is 3.07. The van der Waals surface area contributed by atoms with Gasteiger partial charge in [0, 0.05) is 22.8 Å². The second-order valence-electron chi connectivity index (χ2n) is 4.50. The normalized spacial score (nSPS) is 26.1. The summed E-state index contributed by atoms with van der Waals surface area (Å²) in [5, 5.41) is 1.30. The Bertz CT molecular complexity index is 397. The third kappa shape index (κ3) is 3.16. The zero-order valence-corrected chi connectivity index (χ0v) is 11.7. The molecular weight excluding hydrogens is 254 g/mol. The van der Waals surface area contributed by atoms with Gasteiger partial charge in [-0.15, -0.1) is 11.8 Å². The largest absolute Gasteiger partial charge is 0.377 e. The number of ether oxygens (including phenoxy) is 1. The van der Waals surface area contributed by atoms with Crippen LogP contribution < -0.4 is 5.73 Å². The predicted octanol–water partition coefficient (Wildman–Crippen LogP) is 3.63. The monoisotopic (exact) mass is 271 g/mol. The molecule has 94 valence electrons. The molecule has 0 aromatic heterocycles. The van der Waals surface area contributed by atoms with Crippen molar-refractivity contribution in [2.45, 2.75) is 42.6 Å². The summed E-state index contributed by atoms with van der Waals surface area (Å²) in [5.41, 5.74) is 6.91. The van der Waals surface area contributed by atoms with E-state index in [-0.39, 0.29) is 6.04 Å². The van der Waals surface area contributed by atoms with Crippen LogP contribution >= 0.6 is 23.4 Å². The molecule has 0 amide bonds. The van der Waals surface area contributed by atoms with Gasteiger partial charge in [-0.2, -0.15) is 0 Å². The molecule has 2 N–H and O–H groups in total. The van der Waals surface area contributed by atoms with E-state index < -0.39 is 0 Å². The predicted molar refractivity (Wildman–Crippen MR) is 73.7 cm³/mol. The van der Waals surface area contributed by atoms with Crippen LogP contribution in [0.15, 0.2) is 23.1 Å². The van der Waals surface area contributed by atoms with E-state index in [9.17, 15) is 0 Å². The molecule has 1 aromatic carbocycles. The van der Waals surface area contributed by atoms with Crippen molar-refractivity contribution in [1.29, 1.82) is 0 Å². The van der Waals surface area contributed by atoms with Gasteiger partial charge >= 0.3 is 0 Å². The number of rotatable bonds is 3. The minimum absolute atomic E-state index is 0.0280. The highest BCUT2D eigenvalue weighted by atomic mass is 35.5. The summed E-state index contributed by atoms with van der Waals surface area (Å²) in [7, 11) is 0. The first-order valence-electron chi connectivity index (χ1n) is 5.91. The summed E-state index contributed by atoms with van der Waals surface area (Å²) < 4.78 is 5.56. The SMILES string of the molecule is CC(N)c1ccc(SC2CCOC2C)c(Cl)c1. The highest BCUT2D eigenvalue weighted by molar-refractivity contribution is 8.00. The van der Waals surface area contributed by atoms with Crippen LogP contribution in [0.1, 0.15) is 31.9 Å². The summed E-state index contributed by atoms with van der Waals surface area (Å²) in [5.74, 6) is 0. The summed E-state index contributed by atoms with van der Waals surface area (Å²) in [4.78, 5) is 1.12. The maximum absolute atomic E-state index is 6.28. The van der Waals surface area contributed by atoms with E-state index in [1.54, 1.807) is 0 Å². The fraction of sp³-hybridized carbons (Fsp3) is 0.538. The van der Waals surface area contributed by atoms with Gasteiger partial charge in [0.05, 0.1) is 11.1 Å². The molecule has 0 radical (unpaired) electrons. The zero-order chi connectivity index (χ0) is 12.4. The number of hydrogen-bond acceptors (Lipinski definition) is 3. The molecule has 0 aliphatic carbocycles. The molecular formula is C13H18ClNOS. The van der Waals surface area contributed by atoms with Crippen LogP contribution in [0.2, 0.25) is 5.02 Å². The summed E-state index contributed by atoms with van der Waals surface area (Å²) in [6.07, 6.45) is 1.40. The molecule has 2 rings (SSSR count). The second kappa shape index (κ2) is 5.61. The van der Waals surface area contributed by atoms with E-state index in [2.05, 4.69) is 19.1 Å². The van der Waals surface area contributed by atoms with E-state index in [1.165, 1.54) is 0 Å². The lowest BCUT2D eigenvalue weighted by molar-refractivity contribution is 0.127. The quantitative estimate of drug-likeness (QED) is 0.912. The number of nitrogens with two attached hydrogens (primary N) is 1. The molecule has 1 aromatic rings. The van der Waals surface area contributed by atoms with Crippen molar-refractivity contribution in [1.82, 2.24) is 0 Å². The molecule has 1 aliphatic rings. The minimum Gasteiger partial charge on any atom is -0.377 e. The third-order valence-corrected chi connectivity index (χ3v) is 5.02. The van der Waals surface area contributed by atoms with Crippen molar-refractivity contribution >= 4 is 23.4 Å². The van der Waals surface area contributed by atoms with Crippen LogP contribution in [0.4, 0.5) is 0 Å². The molecule has 17 heavy (non-hydrogen) atoms. The Hall–Kier alpha value is -0.220. The molecule has 1 heterocycles. The smallest absolute Gasteiger partial charge is 0.0669 e. The molecule has 3 unspecified atom stereocenters. The number of halogens is 1. The van der Waals surface area contributed by atoms with E-state index in [0.29, 0.717) is 11.4 Å². The first-order chi connectivity index (χ1) is 8.08. The van der Waals surface area contributed by atoms with Gasteiger partial charge < -0.3 is 10.5 Å². The second-order valence-corrected chi connectivity index (χ2v) is 6.19. The standard InChI is InChI=1S/C13H18ClNOS/c1-8(15)10-3-4-13(11(14)7-10)17-12-5-6-16-9(12)2/h3-4,7-9,12H,5-6,15H2,1-2H3. The van der Waals surface area contributed by atoms with Crippen LogP contribution in [0.25, 0.3) is 0 Å². The zero-order valence-electron chi connectivity index (χ0n) is 10.2. The lowest BCUT2D eigenvalue weighted by atomic mass is 10.1. The molecule has 1 fully saturated rings. The van der Waals surface area contributed by atoms with Gasteiger partial charge in [0.25, 0.3) is 0 Å². The highest BCUT2D eigenvalue weighted by Crippen LogP contribution is 2.37. The van der Waals surface area contributed by atoms with Crippen molar-refractivity contribution in [3.63, 3.8) is 0 Å².